The number of hydrogen-bond acceptors (Lipinski definition) is 3. The third-order valence-corrected chi connectivity index (χ3v) is 3.37. The van der Waals surface area contributed by atoms with Crippen LogP contribution in [-0.2, 0) is 13.1 Å². The second-order valence-corrected chi connectivity index (χ2v) is 4.66. The summed E-state index contributed by atoms with van der Waals surface area (Å²) in [6.07, 6.45) is 0. The second kappa shape index (κ2) is 4.29. The van der Waals surface area contributed by atoms with Gasteiger partial charge in [-0.3, -0.25) is 0 Å². The largest absolute Gasteiger partial charge is 0.399 e. The number of rotatable bonds is 1. The summed E-state index contributed by atoms with van der Waals surface area (Å²) < 4.78 is 13.2. The summed E-state index contributed by atoms with van der Waals surface area (Å²) in [7, 11) is 0. The van der Waals surface area contributed by atoms with Gasteiger partial charge in [0.05, 0.1) is 11.3 Å². The van der Waals surface area contributed by atoms with Crippen LogP contribution in [0.4, 0.5) is 15.8 Å². The van der Waals surface area contributed by atoms with Gasteiger partial charge in [-0.05, 0) is 41.5 Å². The number of anilines is 2. The van der Waals surface area contributed by atoms with Crippen LogP contribution in [0.3, 0.4) is 0 Å². The first-order chi connectivity index (χ1) is 9.17. The molecule has 0 aromatic heterocycles. The van der Waals surface area contributed by atoms with E-state index in [9.17, 15) is 4.39 Å². The maximum atomic E-state index is 13.2. The van der Waals surface area contributed by atoms with Gasteiger partial charge >= 0.3 is 0 Å². The number of nitrogens with two attached hydrogens (primary N) is 1. The van der Waals surface area contributed by atoms with Gasteiger partial charge in [0.1, 0.15) is 11.9 Å². The summed E-state index contributed by atoms with van der Waals surface area (Å²) in [4.78, 5) is 2.06. The summed E-state index contributed by atoms with van der Waals surface area (Å²) in [5, 5.41) is 9.10. The highest BCUT2D eigenvalue weighted by Gasteiger charge is 2.21. The normalized spacial score (nSPS) is 13.2. The minimum absolute atomic E-state index is 0.362. The Morgan fingerprint density at radius 1 is 1.11 bits per heavy atom. The van der Waals surface area contributed by atoms with Gasteiger partial charge in [-0.2, -0.15) is 5.26 Å². The van der Waals surface area contributed by atoms with Crippen LogP contribution >= 0.6 is 0 Å². The van der Waals surface area contributed by atoms with Gasteiger partial charge in [-0.25, -0.2) is 4.39 Å². The van der Waals surface area contributed by atoms with Crippen molar-refractivity contribution in [3.63, 3.8) is 0 Å². The number of fused-ring (bicyclic) bond motifs is 1. The summed E-state index contributed by atoms with van der Waals surface area (Å²) in [5.74, 6) is -0.388. The average Bonchev–Trinajstić information content (AvgIpc) is 2.81. The predicted molar refractivity (Wildman–Crippen MR) is 71.9 cm³/mol. The fourth-order valence-electron chi connectivity index (χ4n) is 2.46. The SMILES string of the molecule is N#Cc1cc(F)ccc1N1Cc2ccc(N)cc2C1. The third kappa shape index (κ3) is 2.00. The minimum atomic E-state index is -0.388. The summed E-state index contributed by atoms with van der Waals surface area (Å²) >= 11 is 0. The second-order valence-electron chi connectivity index (χ2n) is 4.66. The van der Waals surface area contributed by atoms with Crippen LogP contribution in [0, 0.1) is 17.1 Å². The number of nitrogen functional groups attached to an aromatic ring is 1. The van der Waals surface area contributed by atoms with Gasteiger partial charge in [-0.1, -0.05) is 6.07 Å². The van der Waals surface area contributed by atoms with Gasteiger partial charge in [0.25, 0.3) is 0 Å². The molecule has 0 amide bonds. The molecule has 2 N–H and O–H groups in total. The Morgan fingerprint density at radius 2 is 1.89 bits per heavy atom. The number of halogens is 1. The minimum Gasteiger partial charge on any atom is -0.399 e. The van der Waals surface area contributed by atoms with E-state index in [1.165, 1.54) is 17.7 Å². The van der Waals surface area contributed by atoms with Crippen molar-refractivity contribution in [3.05, 3.63) is 58.9 Å². The van der Waals surface area contributed by atoms with Crippen LogP contribution in [-0.4, -0.2) is 0 Å². The molecule has 19 heavy (non-hydrogen) atoms. The average molecular weight is 253 g/mol. The Labute approximate surface area is 110 Å². The molecule has 2 aromatic carbocycles. The highest BCUT2D eigenvalue weighted by Crippen LogP contribution is 2.31. The molecule has 0 atom stereocenters. The van der Waals surface area contributed by atoms with Gasteiger partial charge in [0.15, 0.2) is 0 Å². The van der Waals surface area contributed by atoms with Crippen molar-refractivity contribution in [2.75, 3.05) is 10.6 Å². The molecular formula is C15H12FN3. The van der Waals surface area contributed by atoms with Crippen molar-refractivity contribution in [3.8, 4) is 6.07 Å². The fraction of sp³-hybridized carbons (Fsp3) is 0.133. The first kappa shape index (κ1) is 11.5. The Balaban J connectivity index is 1.97. The zero-order valence-corrected chi connectivity index (χ0v) is 10.2. The first-order valence-corrected chi connectivity index (χ1v) is 5.99. The predicted octanol–water partition coefficient (Wildman–Crippen LogP) is 2.80. The number of nitriles is 1. The van der Waals surface area contributed by atoms with Crippen molar-refractivity contribution in [2.45, 2.75) is 13.1 Å². The monoisotopic (exact) mass is 253 g/mol. The van der Waals surface area contributed by atoms with E-state index in [2.05, 4.69) is 4.90 Å². The van der Waals surface area contributed by atoms with E-state index in [4.69, 9.17) is 11.0 Å². The molecule has 0 radical (unpaired) electrons. The maximum Gasteiger partial charge on any atom is 0.124 e. The van der Waals surface area contributed by atoms with Crippen molar-refractivity contribution >= 4 is 11.4 Å². The van der Waals surface area contributed by atoms with Crippen LogP contribution < -0.4 is 10.6 Å². The van der Waals surface area contributed by atoms with E-state index in [1.807, 2.05) is 24.3 Å². The lowest BCUT2D eigenvalue weighted by atomic mass is 10.1. The number of benzene rings is 2. The molecule has 1 aliphatic heterocycles. The van der Waals surface area contributed by atoms with Crippen LogP contribution in [0.5, 0.6) is 0 Å². The molecular weight excluding hydrogens is 241 g/mol. The molecule has 3 rings (SSSR count). The van der Waals surface area contributed by atoms with E-state index in [1.54, 1.807) is 6.07 Å². The molecule has 0 spiro atoms. The van der Waals surface area contributed by atoms with Crippen LogP contribution in [0.15, 0.2) is 36.4 Å². The van der Waals surface area contributed by atoms with E-state index >= 15 is 0 Å². The van der Waals surface area contributed by atoms with Gasteiger partial charge in [0.2, 0.25) is 0 Å². The highest BCUT2D eigenvalue weighted by atomic mass is 19.1. The molecule has 0 saturated heterocycles. The van der Waals surface area contributed by atoms with Crippen molar-refractivity contribution in [1.29, 1.82) is 5.26 Å². The molecule has 2 aromatic rings. The van der Waals surface area contributed by atoms with E-state index < -0.39 is 0 Å². The zero-order valence-electron chi connectivity index (χ0n) is 10.2. The van der Waals surface area contributed by atoms with Gasteiger partial charge in [-0.15, -0.1) is 0 Å². The molecule has 0 bridgehead atoms. The fourth-order valence-corrected chi connectivity index (χ4v) is 2.46. The lowest BCUT2D eigenvalue weighted by molar-refractivity contribution is 0.627. The number of nitrogens with zero attached hydrogens (tertiary/aromatic N) is 2. The molecule has 0 saturated carbocycles. The van der Waals surface area contributed by atoms with Crippen molar-refractivity contribution in [1.82, 2.24) is 0 Å². The van der Waals surface area contributed by atoms with E-state index in [0.717, 1.165) is 23.5 Å². The van der Waals surface area contributed by atoms with E-state index in [-0.39, 0.29) is 5.82 Å². The standard InChI is InChI=1S/C15H12FN3/c16-13-2-4-15(11(5-13)7-17)19-8-10-1-3-14(18)6-12(10)9-19/h1-6H,8-9,18H2. The molecule has 0 fully saturated rings. The highest BCUT2D eigenvalue weighted by molar-refractivity contribution is 5.62. The lowest BCUT2D eigenvalue weighted by Gasteiger charge is -2.19. The molecule has 0 unspecified atom stereocenters. The van der Waals surface area contributed by atoms with Crippen LogP contribution in [0.2, 0.25) is 0 Å². The van der Waals surface area contributed by atoms with Gasteiger partial charge in [0, 0.05) is 18.8 Å². The molecule has 94 valence electrons. The Morgan fingerprint density at radius 3 is 2.68 bits per heavy atom. The zero-order chi connectivity index (χ0) is 13.4. The Kier molecular flexibility index (Phi) is 2.60. The van der Waals surface area contributed by atoms with Crippen molar-refractivity contribution in [2.24, 2.45) is 0 Å². The van der Waals surface area contributed by atoms with Gasteiger partial charge < -0.3 is 10.6 Å². The molecule has 0 aliphatic carbocycles. The third-order valence-electron chi connectivity index (χ3n) is 3.37. The lowest BCUT2D eigenvalue weighted by Crippen LogP contribution is -2.15. The van der Waals surface area contributed by atoms with Crippen LogP contribution in [0.1, 0.15) is 16.7 Å². The summed E-state index contributed by atoms with van der Waals surface area (Å²) in [5.41, 5.74) is 9.99. The Bertz CT molecular complexity index is 688. The quantitative estimate of drug-likeness (QED) is 0.795. The van der Waals surface area contributed by atoms with E-state index in [0.29, 0.717) is 12.1 Å². The van der Waals surface area contributed by atoms with Crippen molar-refractivity contribution < 1.29 is 4.39 Å². The summed E-state index contributed by atoms with van der Waals surface area (Å²) in [6.45, 7) is 1.41. The molecule has 3 nitrogen and oxygen atoms in total. The molecule has 1 aliphatic rings. The molecule has 4 heteroatoms. The number of hydrogen-bond donors (Lipinski definition) is 1. The summed E-state index contributed by atoms with van der Waals surface area (Å²) in [6, 6.07) is 12.2. The topological polar surface area (TPSA) is 53.0 Å². The van der Waals surface area contributed by atoms with Crippen LogP contribution in [0.25, 0.3) is 0 Å². The smallest absolute Gasteiger partial charge is 0.124 e. The Hall–Kier alpha value is -2.54. The molecule has 1 heterocycles. The first-order valence-electron chi connectivity index (χ1n) is 5.99. The maximum absolute atomic E-state index is 13.2.